The van der Waals surface area contributed by atoms with Crippen molar-refractivity contribution in [1.82, 2.24) is 0 Å². The highest BCUT2D eigenvalue weighted by atomic mass is 19.1. The summed E-state index contributed by atoms with van der Waals surface area (Å²) < 4.78 is 25.1. The molecule has 0 atom stereocenters. The number of anilines is 2. The first kappa shape index (κ1) is 16.3. The molecular weight excluding hydrogens is 357 g/mol. The van der Waals surface area contributed by atoms with E-state index < -0.39 is 5.63 Å². The zero-order valence-corrected chi connectivity index (χ0v) is 14.6. The first-order valence-electron chi connectivity index (χ1n) is 8.77. The average molecular weight is 371 g/mol. The van der Waals surface area contributed by atoms with Crippen LogP contribution in [-0.2, 0) is 0 Å². The standard InChI is InChI=1S/C23H14FNO3/c24-15-12-10-14(11-13-15)19-20-21(17-8-4-5-9-18(17)27-23(20)26)28-22(19)25-16-6-2-1-3-7-16/h1-13,25H. The summed E-state index contributed by atoms with van der Waals surface area (Å²) in [4.78, 5) is 12.8. The number of fused-ring (bicyclic) bond motifs is 3. The van der Waals surface area contributed by atoms with E-state index in [1.165, 1.54) is 12.1 Å². The Morgan fingerprint density at radius 1 is 0.786 bits per heavy atom. The van der Waals surface area contributed by atoms with Crippen LogP contribution in [0.2, 0.25) is 0 Å². The third-order valence-corrected chi connectivity index (χ3v) is 4.61. The maximum absolute atomic E-state index is 13.5. The van der Waals surface area contributed by atoms with Crippen LogP contribution in [0.3, 0.4) is 0 Å². The predicted octanol–water partition coefficient (Wildman–Crippen LogP) is 6.09. The number of benzene rings is 3. The molecule has 5 rings (SSSR count). The molecule has 0 saturated carbocycles. The van der Waals surface area contributed by atoms with Gasteiger partial charge in [0.1, 0.15) is 16.8 Å². The van der Waals surface area contributed by atoms with Gasteiger partial charge in [0.2, 0.25) is 5.88 Å². The molecule has 28 heavy (non-hydrogen) atoms. The molecule has 0 spiro atoms. The van der Waals surface area contributed by atoms with Crippen LogP contribution in [0, 0.1) is 5.82 Å². The van der Waals surface area contributed by atoms with Gasteiger partial charge in [0, 0.05) is 5.69 Å². The molecule has 0 unspecified atom stereocenters. The lowest BCUT2D eigenvalue weighted by atomic mass is 10.0. The van der Waals surface area contributed by atoms with Gasteiger partial charge >= 0.3 is 5.63 Å². The van der Waals surface area contributed by atoms with Crippen molar-refractivity contribution in [3.63, 3.8) is 0 Å². The molecule has 3 aromatic carbocycles. The molecule has 0 aliphatic heterocycles. The number of nitrogens with one attached hydrogen (secondary N) is 1. The van der Waals surface area contributed by atoms with Crippen LogP contribution in [-0.4, -0.2) is 0 Å². The van der Waals surface area contributed by atoms with E-state index >= 15 is 0 Å². The van der Waals surface area contributed by atoms with Crippen LogP contribution in [0.4, 0.5) is 16.0 Å². The highest BCUT2D eigenvalue weighted by molar-refractivity contribution is 6.10. The lowest BCUT2D eigenvalue weighted by Gasteiger charge is -2.06. The van der Waals surface area contributed by atoms with Crippen molar-refractivity contribution in [3.05, 3.63) is 95.1 Å². The highest BCUT2D eigenvalue weighted by Gasteiger charge is 2.22. The normalized spacial score (nSPS) is 11.2. The van der Waals surface area contributed by atoms with Crippen molar-refractivity contribution >= 4 is 33.5 Å². The number of para-hydroxylation sites is 2. The number of hydrogen-bond acceptors (Lipinski definition) is 4. The molecule has 5 aromatic rings. The van der Waals surface area contributed by atoms with E-state index in [4.69, 9.17) is 8.83 Å². The Morgan fingerprint density at radius 2 is 1.50 bits per heavy atom. The summed E-state index contributed by atoms with van der Waals surface area (Å²) in [6.07, 6.45) is 0. The van der Waals surface area contributed by atoms with Gasteiger partial charge in [-0.05, 0) is 42.0 Å². The second-order valence-electron chi connectivity index (χ2n) is 6.39. The smallest absolute Gasteiger partial charge is 0.348 e. The van der Waals surface area contributed by atoms with E-state index in [1.807, 2.05) is 42.5 Å². The van der Waals surface area contributed by atoms with Crippen LogP contribution in [0.25, 0.3) is 33.1 Å². The van der Waals surface area contributed by atoms with Gasteiger partial charge in [-0.2, -0.15) is 0 Å². The van der Waals surface area contributed by atoms with Crippen molar-refractivity contribution in [2.45, 2.75) is 0 Å². The van der Waals surface area contributed by atoms with E-state index in [2.05, 4.69) is 5.32 Å². The molecule has 2 heterocycles. The van der Waals surface area contributed by atoms with Crippen molar-refractivity contribution in [3.8, 4) is 11.1 Å². The van der Waals surface area contributed by atoms with Gasteiger partial charge in [-0.3, -0.25) is 0 Å². The summed E-state index contributed by atoms with van der Waals surface area (Å²) in [6.45, 7) is 0. The molecule has 0 aliphatic rings. The third-order valence-electron chi connectivity index (χ3n) is 4.61. The van der Waals surface area contributed by atoms with Crippen LogP contribution >= 0.6 is 0 Å². The molecule has 2 aromatic heterocycles. The van der Waals surface area contributed by atoms with Crippen molar-refractivity contribution < 1.29 is 13.2 Å². The molecule has 0 fully saturated rings. The van der Waals surface area contributed by atoms with Crippen LogP contribution in [0.1, 0.15) is 0 Å². The zero-order chi connectivity index (χ0) is 19.1. The third kappa shape index (κ3) is 2.65. The van der Waals surface area contributed by atoms with E-state index in [9.17, 15) is 9.18 Å². The van der Waals surface area contributed by atoms with E-state index in [-0.39, 0.29) is 5.82 Å². The topological polar surface area (TPSA) is 55.4 Å². The number of furan rings is 1. The molecule has 4 nitrogen and oxygen atoms in total. The number of halogens is 1. The van der Waals surface area contributed by atoms with E-state index in [0.29, 0.717) is 38.9 Å². The SMILES string of the molecule is O=c1oc2ccccc2c2oc(Nc3ccccc3)c(-c3ccc(F)cc3)c12. The molecular formula is C23H14FNO3. The first-order valence-corrected chi connectivity index (χ1v) is 8.77. The van der Waals surface area contributed by atoms with Gasteiger partial charge < -0.3 is 14.2 Å². The largest absolute Gasteiger partial charge is 0.439 e. The van der Waals surface area contributed by atoms with Gasteiger partial charge in [0.15, 0.2) is 5.58 Å². The van der Waals surface area contributed by atoms with Gasteiger partial charge in [0.25, 0.3) is 0 Å². The summed E-state index contributed by atoms with van der Waals surface area (Å²) >= 11 is 0. The minimum Gasteiger partial charge on any atom is -0.439 e. The summed E-state index contributed by atoms with van der Waals surface area (Å²) in [7, 11) is 0. The fourth-order valence-corrected chi connectivity index (χ4v) is 3.34. The lowest BCUT2D eigenvalue weighted by molar-refractivity contribution is 0.566. The maximum Gasteiger partial charge on any atom is 0.348 e. The monoisotopic (exact) mass is 371 g/mol. The molecule has 136 valence electrons. The minimum absolute atomic E-state index is 0.323. The summed E-state index contributed by atoms with van der Waals surface area (Å²) in [5.74, 6) is 0.0445. The Morgan fingerprint density at radius 3 is 2.29 bits per heavy atom. The Labute approximate surface area is 158 Å². The van der Waals surface area contributed by atoms with Gasteiger partial charge in [-0.25, -0.2) is 9.18 Å². The predicted molar refractivity (Wildman–Crippen MR) is 107 cm³/mol. The van der Waals surface area contributed by atoms with Crippen molar-refractivity contribution in [2.75, 3.05) is 5.32 Å². The quantitative estimate of drug-likeness (QED) is 0.390. The molecule has 5 heteroatoms. The fourth-order valence-electron chi connectivity index (χ4n) is 3.34. The van der Waals surface area contributed by atoms with Gasteiger partial charge in [-0.15, -0.1) is 0 Å². The lowest BCUT2D eigenvalue weighted by Crippen LogP contribution is -2.00. The Kier molecular flexibility index (Phi) is 3.72. The molecule has 0 aliphatic carbocycles. The minimum atomic E-state index is -0.502. The molecule has 1 N–H and O–H groups in total. The Bertz CT molecular complexity index is 1350. The second-order valence-corrected chi connectivity index (χ2v) is 6.39. The average Bonchev–Trinajstić information content (AvgIpc) is 3.09. The first-order chi connectivity index (χ1) is 13.7. The van der Waals surface area contributed by atoms with Gasteiger partial charge in [0.05, 0.1) is 10.9 Å². The molecule has 0 amide bonds. The van der Waals surface area contributed by atoms with E-state index in [1.54, 1.807) is 24.3 Å². The molecule has 0 radical (unpaired) electrons. The fraction of sp³-hybridized carbons (Fsp3) is 0. The number of hydrogen-bond donors (Lipinski definition) is 1. The Balaban J connectivity index is 1.85. The second kappa shape index (κ2) is 6.39. The van der Waals surface area contributed by atoms with Crippen molar-refractivity contribution in [2.24, 2.45) is 0 Å². The molecule has 0 bridgehead atoms. The maximum atomic E-state index is 13.5. The van der Waals surface area contributed by atoms with Crippen molar-refractivity contribution in [1.29, 1.82) is 0 Å². The summed E-state index contributed by atoms with van der Waals surface area (Å²) in [5.41, 5.74) is 2.38. The number of rotatable bonds is 3. The summed E-state index contributed by atoms with van der Waals surface area (Å²) in [5, 5.41) is 4.24. The van der Waals surface area contributed by atoms with Crippen LogP contribution in [0.5, 0.6) is 0 Å². The van der Waals surface area contributed by atoms with Gasteiger partial charge in [-0.1, -0.05) is 42.5 Å². The Hall–Kier alpha value is -3.86. The van der Waals surface area contributed by atoms with Crippen LogP contribution in [0.15, 0.2) is 92.5 Å². The highest BCUT2D eigenvalue weighted by Crippen LogP contribution is 2.40. The molecule has 0 saturated heterocycles. The zero-order valence-electron chi connectivity index (χ0n) is 14.6. The van der Waals surface area contributed by atoms with E-state index in [0.717, 1.165) is 5.69 Å². The van der Waals surface area contributed by atoms with Crippen LogP contribution < -0.4 is 10.9 Å². The summed E-state index contributed by atoms with van der Waals surface area (Å²) in [6, 6.07) is 22.6.